The molecule has 0 aromatic heterocycles. The first-order valence-corrected chi connectivity index (χ1v) is 10.3. The van der Waals surface area contributed by atoms with Crippen molar-refractivity contribution in [1.29, 1.82) is 21.0 Å². The molecule has 8 heteroatoms. The van der Waals surface area contributed by atoms with E-state index >= 15 is 0 Å². The highest BCUT2D eigenvalue weighted by molar-refractivity contribution is 8.04. The molecule has 0 aliphatic carbocycles. The molecule has 2 aliphatic heterocycles. The molecular formula is C22H8N6S2. The summed E-state index contributed by atoms with van der Waals surface area (Å²) in [6.45, 7) is 0. The van der Waals surface area contributed by atoms with Crippen molar-refractivity contribution in [3.63, 3.8) is 0 Å². The van der Waals surface area contributed by atoms with Crippen LogP contribution in [-0.4, -0.2) is 0 Å². The second-order valence-electron chi connectivity index (χ2n) is 6.55. The molecule has 0 atom stereocenters. The van der Waals surface area contributed by atoms with Crippen LogP contribution in [0.5, 0.6) is 0 Å². The summed E-state index contributed by atoms with van der Waals surface area (Å²) in [5, 5.41) is 48.1. The molecule has 5 rings (SSSR count). The first-order valence-electron chi connectivity index (χ1n) is 8.68. The van der Waals surface area contributed by atoms with Crippen molar-refractivity contribution in [2.24, 2.45) is 0 Å². The average Bonchev–Trinajstić information content (AvgIpc) is 3.33. The van der Waals surface area contributed by atoms with Crippen LogP contribution in [-0.2, 0) is 0 Å². The van der Waals surface area contributed by atoms with Gasteiger partial charge in [-0.15, -0.1) is 0 Å². The number of thioether (sulfide) groups is 2. The average molecular weight is 420 g/mol. The van der Waals surface area contributed by atoms with Crippen molar-refractivity contribution in [2.75, 3.05) is 10.6 Å². The summed E-state index contributed by atoms with van der Waals surface area (Å²) in [5.74, 6) is 0. The third kappa shape index (κ3) is 2.72. The predicted octanol–water partition coefficient (Wildman–Crippen LogP) is 5.55. The Hall–Kier alpha value is -4.08. The monoisotopic (exact) mass is 420 g/mol. The van der Waals surface area contributed by atoms with E-state index in [-0.39, 0.29) is 11.1 Å². The minimum atomic E-state index is 0.0721. The second-order valence-corrected chi connectivity index (χ2v) is 8.66. The van der Waals surface area contributed by atoms with Gasteiger partial charge in [0, 0.05) is 9.79 Å². The highest BCUT2D eigenvalue weighted by Gasteiger charge is 2.22. The number of hydrogen-bond acceptors (Lipinski definition) is 8. The van der Waals surface area contributed by atoms with Crippen LogP contribution in [0.15, 0.2) is 67.4 Å². The van der Waals surface area contributed by atoms with E-state index in [1.807, 2.05) is 48.5 Å². The van der Waals surface area contributed by atoms with Crippen molar-refractivity contribution in [1.82, 2.24) is 0 Å². The van der Waals surface area contributed by atoms with Crippen LogP contribution >= 0.6 is 23.5 Å². The molecule has 138 valence electrons. The van der Waals surface area contributed by atoms with Gasteiger partial charge in [0.1, 0.15) is 34.3 Å². The standard InChI is InChI=1S/C22H8N6S2/c23-7-15(8-24)21-27-17-3-11-1-13-5-19-18(28-22(29-19)16(9-25)10-26)4-12(13)2-14(11)6-20(17)30-21/h1-6,27-28H. The summed E-state index contributed by atoms with van der Waals surface area (Å²) < 4.78 is 0. The molecule has 2 heterocycles. The van der Waals surface area contributed by atoms with Gasteiger partial charge in [0.25, 0.3) is 0 Å². The molecule has 0 spiro atoms. The third-order valence-corrected chi connectivity index (χ3v) is 6.95. The minimum Gasteiger partial charge on any atom is -0.347 e. The Morgan fingerprint density at radius 1 is 0.567 bits per heavy atom. The molecule has 0 bridgehead atoms. The molecule has 0 fully saturated rings. The topological polar surface area (TPSA) is 119 Å². The Kier molecular flexibility index (Phi) is 4.05. The molecule has 0 saturated carbocycles. The van der Waals surface area contributed by atoms with Gasteiger partial charge < -0.3 is 10.6 Å². The first-order chi connectivity index (χ1) is 14.6. The Balaban J connectivity index is 1.62. The normalized spacial score (nSPS) is 13.3. The van der Waals surface area contributed by atoms with Gasteiger partial charge in [0.15, 0.2) is 11.1 Å². The highest BCUT2D eigenvalue weighted by atomic mass is 32.2. The number of allylic oxidation sites excluding steroid dienone is 2. The number of anilines is 2. The summed E-state index contributed by atoms with van der Waals surface area (Å²) in [5.41, 5.74) is 1.89. The van der Waals surface area contributed by atoms with Gasteiger partial charge in [-0.05, 0) is 57.9 Å². The van der Waals surface area contributed by atoms with Crippen molar-refractivity contribution in [2.45, 2.75) is 9.79 Å². The molecule has 0 amide bonds. The zero-order chi connectivity index (χ0) is 20.8. The van der Waals surface area contributed by atoms with E-state index in [0.717, 1.165) is 42.7 Å². The smallest absolute Gasteiger partial charge is 0.160 e. The zero-order valence-corrected chi connectivity index (χ0v) is 16.7. The van der Waals surface area contributed by atoms with Gasteiger partial charge >= 0.3 is 0 Å². The van der Waals surface area contributed by atoms with E-state index in [4.69, 9.17) is 21.0 Å². The van der Waals surface area contributed by atoms with Gasteiger partial charge in [-0.2, -0.15) is 21.0 Å². The van der Waals surface area contributed by atoms with Crippen LogP contribution in [0.4, 0.5) is 11.4 Å². The van der Waals surface area contributed by atoms with Gasteiger partial charge in [0.2, 0.25) is 0 Å². The summed E-state index contributed by atoms with van der Waals surface area (Å²) in [6, 6.07) is 20.0. The molecule has 0 radical (unpaired) electrons. The Bertz CT molecular complexity index is 1310. The summed E-state index contributed by atoms with van der Waals surface area (Å²) >= 11 is 2.77. The van der Waals surface area contributed by atoms with Gasteiger partial charge in [-0.3, -0.25) is 0 Å². The molecular weight excluding hydrogens is 412 g/mol. The fourth-order valence-corrected chi connectivity index (χ4v) is 5.38. The fraction of sp³-hybridized carbons (Fsp3) is 0. The first kappa shape index (κ1) is 18.0. The van der Waals surface area contributed by atoms with Crippen LogP contribution in [0.3, 0.4) is 0 Å². The summed E-state index contributed by atoms with van der Waals surface area (Å²) in [6.07, 6.45) is 0. The lowest BCUT2D eigenvalue weighted by Gasteiger charge is -2.07. The summed E-state index contributed by atoms with van der Waals surface area (Å²) in [7, 11) is 0. The number of rotatable bonds is 0. The zero-order valence-electron chi connectivity index (χ0n) is 15.1. The largest absolute Gasteiger partial charge is 0.347 e. The maximum atomic E-state index is 9.12. The van der Waals surface area contributed by atoms with Gasteiger partial charge in [-0.1, -0.05) is 23.5 Å². The maximum absolute atomic E-state index is 9.12. The quantitative estimate of drug-likeness (QED) is 0.359. The molecule has 6 nitrogen and oxygen atoms in total. The number of fused-ring (bicyclic) bond motifs is 4. The van der Waals surface area contributed by atoms with Crippen LogP contribution in [0, 0.1) is 45.3 Å². The van der Waals surface area contributed by atoms with Crippen LogP contribution in [0.1, 0.15) is 0 Å². The van der Waals surface area contributed by atoms with E-state index in [1.165, 1.54) is 23.5 Å². The van der Waals surface area contributed by atoms with Crippen molar-refractivity contribution >= 4 is 56.4 Å². The molecule has 2 aliphatic rings. The SMILES string of the molecule is N#CC(C#N)=C1Nc2cc3cc4cc5c(cc4cc3cc2S1)NC(=C(C#N)C#N)S5. The Labute approximate surface area is 179 Å². The minimum absolute atomic E-state index is 0.0721. The molecule has 3 aromatic carbocycles. The summed E-state index contributed by atoms with van der Waals surface area (Å²) in [4.78, 5) is 1.93. The molecule has 2 N–H and O–H groups in total. The fourth-order valence-electron chi connectivity index (χ4n) is 3.42. The van der Waals surface area contributed by atoms with E-state index < -0.39 is 0 Å². The maximum Gasteiger partial charge on any atom is 0.160 e. The number of benzene rings is 3. The Morgan fingerprint density at radius 3 is 1.30 bits per heavy atom. The lowest BCUT2D eigenvalue weighted by molar-refractivity contribution is 1.43. The highest BCUT2D eigenvalue weighted by Crippen LogP contribution is 2.47. The number of nitrogens with zero attached hydrogens (tertiary/aromatic N) is 4. The van der Waals surface area contributed by atoms with Crippen LogP contribution < -0.4 is 10.6 Å². The molecule has 3 aromatic rings. The molecule has 0 unspecified atom stereocenters. The van der Waals surface area contributed by atoms with E-state index in [0.29, 0.717) is 10.1 Å². The van der Waals surface area contributed by atoms with E-state index in [1.54, 1.807) is 0 Å². The van der Waals surface area contributed by atoms with E-state index in [2.05, 4.69) is 22.8 Å². The van der Waals surface area contributed by atoms with E-state index in [9.17, 15) is 0 Å². The second kappa shape index (κ2) is 6.76. The van der Waals surface area contributed by atoms with Crippen LogP contribution in [0.2, 0.25) is 0 Å². The number of nitriles is 4. The third-order valence-electron chi connectivity index (χ3n) is 4.81. The predicted molar refractivity (Wildman–Crippen MR) is 117 cm³/mol. The van der Waals surface area contributed by atoms with Crippen molar-refractivity contribution in [3.8, 4) is 24.3 Å². The molecule has 30 heavy (non-hydrogen) atoms. The van der Waals surface area contributed by atoms with Crippen molar-refractivity contribution < 1.29 is 0 Å². The van der Waals surface area contributed by atoms with Gasteiger partial charge in [-0.25, -0.2) is 0 Å². The lowest BCUT2D eigenvalue weighted by atomic mass is 10.0. The van der Waals surface area contributed by atoms with Crippen molar-refractivity contribution in [3.05, 3.63) is 57.6 Å². The molecule has 0 saturated heterocycles. The Morgan fingerprint density at radius 2 is 0.933 bits per heavy atom. The number of nitrogens with one attached hydrogen (secondary N) is 2. The lowest BCUT2D eigenvalue weighted by Crippen LogP contribution is -1.92. The number of hydrogen-bond donors (Lipinski definition) is 2. The van der Waals surface area contributed by atoms with Crippen LogP contribution in [0.25, 0.3) is 21.5 Å². The van der Waals surface area contributed by atoms with Gasteiger partial charge in [0.05, 0.1) is 11.4 Å².